The molecule has 0 bridgehead atoms. The fourth-order valence-corrected chi connectivity index (χ4v) is 4.07. The van der Waals surface area contributed by atoms with Gasteiger partial charge in [0.2, 0.25) is 5.43 Å². The zero-order valence-electron chi connectivity index (χ0n) is 18.2. The molecule has 1 aliphatic heterocycles. The van der Waals surface area contributed by atoms with E-state index >= 15 is 8.78 Å². The van der Waals surface area contributed by atoms with Gasteiger partial charge in [-0.3, -0.25) is 9.59 Å². The molecule has 0 amide bonds. The van der Waals surface area contributed by atoms with Gasteiger partial charge in [0.25, 0.3) is 0 Å². The number of hydrogen-bond acceptors (Lipinski definition) is 4. The Kier molecular flexibility index (Phi) is 6.65. The summed E-state index contributed by atoms with van der Waals surface area (Å²) < 4.78 is 45.1. The summed E-state index contributed by atoms with van der Waals surface area (Å²) >= 11 is 0. The molecule has 0 radical (unpaired) electrons. The van der Waals surface area contributed by atoms with Crippen LogP contribution >= 0.6 is 0 Å². The molecule has 2 aromatic carbocycles. The maximum absolute atomic E-state index is 15.6. The van der Waals surface area contributed by atoms with E-state index in [1.54, 1.807) is 35.2 Å². The molecule has 172 valence electrons. The fourth-order valence-electron chi connectivity index (χ4n) is 4.07. The quantitative estimate of drug-likeness (QED) is 0.418. The molecule has 3 aromatic rings. The number of ketones is 1. The topological polar surface area (TPSA) is 45.6 Å². The molecule has 5 nitrogen and oxygen atoms in total. The first-order valence-corrected chi connectivity index (χ1v) is 10.7. The summed E-state index contributed by atoms with van der Waals surface area (Å²) in [5, 5.41) is -0.282. The van der Waals surface area contributed by atoms with Gasteiger partial charge in [-0.2, -0.15) is 0 Å². The second-order valence-electron chi connectivity index (χ2n) is 8.07. The lowest BCUT2D eigenvalue weighted by molar-refractivity contribution is 0.104. The second-order valence-corrected chi connectivity index (χ2v) is 8.07. The number of piperazine rings is 1. The number of carbonyl (C=O) groups excluding carboxylic acids is 1. The molecule has 1 fully saturated rings. The van der Waals surface area contributed by atoms with E-state index in [9.17, 15) is 14.0 Å². The second kappa shape index (κ2) is 9.62. The van der Waals surface area contributed by atoms with E-state index in [0.717, 1.165) is 17.8 Å². The van der Waals surface area contributed by atoms with E-state index in [-0.39, 0.29) is 28.7 Å². The number of fused-ring (bicyclic) bond motifs is 1. The number of allylic oxidation sites excluding steroid dienone is 1. The predicted octanol–water partition coefficient (Wildman–Crippen LogP) is 3.90. The summed E-state index contributed by atoms with van der Waals surface area (Å²) in [6.45, 7) is 0.995. The number of likely N-dealkylation sites (N-methyl/N-ethyl adjacent to an activating group) is 1. The molecule has 1 aromatic heterocycles. The number of alkyl halides is 1. The monoisotopic (exact) mass is 455 g/mol. The highest BCUT2D eigenvalue weighted by molar-refractivity contribution is 6.08. The van der Waals surface area contributed by atoms with Crippen LogP contribution in [0.25, 0.3) is 17.0 Å². The number of rotatable bonds is 6. The average molecular weight is 455 g/mol. The molecule has 8 heteroatoms. The van der Waals surface area contributed by atoms with Gasteiger partial charge in [0.15, 0.2) is 11.6 Å². The van der Waals surface area contributed by atoms with Crippen LogP contribution in [0, 0.1) is 11.6 Å². The van der Waals surface area contributed by atoms with Crippen LogP contribution in [0.2, 0.25) is 0 Å². The summed E-state index contributed by atoms with van der Waals surface area (Å²) in [7, 11) is 1.92. The van der Waals surface area contributed by atoms with Gasteiger partial charge in [0.1, 0.15) is 18.2 Å². The van der Waals surface area contributed by atoms with Crippen molar-refractivity contribution >= 4 is 28.4 Å². The molecule has 0 spiro atoms. The molecule has 0 saturated carbocycles. The zero-order valence-corrected chi connectivity index (χ0v) is 18.2. The number of anilines is 1. The zero-order chi connectivity index (χ0) is 23.5. The third kappa shape index (κ3) is 4.57. The Morgan fingerprint density at radius 1 is 1.09 bits per heavy atom. The highest BCUT2D eigenvalue weighted by Gasteiger charge is 2.26. The molecular weight excluding hydrogens is 431 g/mol. The molecule has 1 saturated heterocycles. The van der Waals surface area contributed by atoms with E-state index in [1.807, 2.05) is 18.0 Å². The van der Waals surface area contributed by atoms with Gasteiger partial charge >= 0.3 is 0 Å². The molecule has 0 unspecified atom stereocenters. The minimum atomic E-state index is -0.918. The van der Waals surface area contributed by atoms with Crippen LogP contribution in [0.5, 0.6) is 0 Å². The maximum atomic E-state index is 15.6. The first kappa shape index (κ1) is 22.8. The fraction of sp³-hybridized carbons (Fsp3) is 0.280. The first-order chi connectivity index (χ1) is 15.9. The number of nitrogens with zero attached hydrogens (tertiary/aromatic N) is 3. The SMILES string of the molecule is CN1CCN(c2c(F)cc3c(=O)c(C(=O)C=Cc4ccccc4)cn(CCF)c3c2F)CC1. The van der Waals surface area contributed by atoms with Crippen molar-refractivity contribution in [3.8, 4) is 0 Å². The van der Waals surface area contributed by atoms with Crippen molar-refractivity contribution in [2.24, 2.45) is 0 Å². The van der Waals surface area contributed by atoms with Crippen LogP contribution in [0.15, 0.2) is 53.5 Å². The third-order valence-electron chi connectivity index (χ3n) is 5.87. The highest BCUT2D eigenvalue weighted by atomic mass is 19.1. The van der Waals surface area contributed by atoms with E-state index in [0.29, 0.717) is 26.2 Å². The number of pyridine rings is 1. The van der Waals surface area contributed by atoms with Gasteiger partial charge in [-0.1, -0.05) is 36.4 Å². The van der Waals surface area contributed by atoms with Crippen molar-refractivity contribution in [1.82, 2.24) is 9.47 Å². The molecule has 0 aliphatic carbocycles. The molecule has 33 heavy (non-hydrogen) atoms. The summed E-state index contributed by atoms with van der Waals surface area (Å²) in [4.78, 5) is 29.5. The lowest BCUT2D eigenvalue weighted by Crippen LogP contribution is -2.45. The van der Waals surface area contributed by atoms with Crippen molar-refractivity contribution < 1.29 is 18.0 Å². The van der Waals surface area contributed by atoms with Crippen LogP contribution < -0.4 is 10.3 Å². The number of carbonyl (C=O) groups is 1. The largest absolute Gasteiger partial charge is 0.364 e. The Balaban J connectivity index is 1.82. The van der Waals surface area contributed by atoms with Crippen molar-refractivity contribution in [2.45, 2.75) is 6.54 Å². The minimum absolute atomic E-state index is 0.198. The molecule has 4 rings (SSSR count). The Labute approximate surface area is 189 Å². The average Bonchev–Trinajstić information content (AvgIpc) is 2.81. The van der Waals surface area contributed by atoms with Gasteiger partial charge < -0.3 is 14.4 Å². The van der Waals surface area contributed by atoms with E-state index < -0.39 is 29.5 Å². The first-order valence-electron chi connectivity index (χ1n) is 10.7. The van der Waals surface area contributed by atoms with Gasteiger partial charge in [-0.25, -0.2) is 13.2 Å². The molecular formula is C25H24F3N3O2. The predicted molar refractivity (Wildman–Crippen MR) is 124 cm³/mol. The van der Waals surface area contributed by atoms with Crippen LogP contribution in [0.1, 0.15) is 15.9 Å². The van der Waals surface area contributed by atoms with Crippen molar-refractivity contribution in [1.29, 1.82) is 0 Å². The van der Waals surface area contributed by atoms with E-state index in [4.69, 9.17) is 0 Å². The van der Waals surface area contributed by atoms with Crippen LogP contribution in [0.3, 0.4) is 0 Å². The maximum Gasteiger partial charge on any atom is 0.200 e. The van der Waals surface area contributed by atoms with Crippen LogP contribution in [0.4, 0.5) is 18.9 Å². The van der Waals surface area contributed by atoms with Crippen LogP contribution in [-0.4, -0.2) is 55.2 Å². The highest BCUT2D eigenvalue weighted by Crippen LogP contribution is 2.31. The van der Waals surface area contributed by atoms with E-state index in [1.165, 1.54) is 10.6 Å². The Bertz CT molecular complexity index is 1260. The number of aromatic nitrogens is 1. The normalized spacial score (nSPS) is 15.0. The summed E-state index contributed by atoms with van der Waals surface area (Å²) in [6, 6.07) is 9.97. The molecule has 2 heterocycles. The number of hydrogen-bond donors (Lipinski definition) is 0. The standard InChI is InChI=1S/C25H24F3N3O2/c1-29-11-13-30(14-12-29)24-20(27)15-18-23(22(24)28)31(10-9-26)16-19(25(18)33)21(32)8-7-17-5-3-2-4-6-17/h2-8,15-16H,9-14H2,1H3. The molecule has 0 atom stereocenters. The van der Waals surface area contributed by atoms with Crippen molar-refractivity contribution in [3.05, 3.63) is 81.7 Å². The van der Waals surface area contributed by atoms with Crippen molar-refractivity contribution in [3.63, 3.8) is 0 Å². The Morgan fingerprint density at radius 3 is 2.45 bits per heavy atom. The number of halogens is 3. The molecule has 0 N–H and O–H groups in total. The summed E-state index contributed by atoms with van der Waals surface area (Å²) in [5.41, 5.74) is -0.730. The summed E-state index contributed by atoms with van der Waals surface area (Å²) in [6.07, 6.45) is 3.93. The van der Waals surface area contributed by atoms with Crippen LogP contribution in [-0.2, 0) is 6.54 Å². The van der Waals surface area contributed by atoms with E-state index in [2.05, 4.69) is 0 Å². The lowest BCUT2D eigenvalue weighted by atomic mass is 10.0. The Morgan fingerprint density at radius 2 is 1.79 bits per heavy atom. The van der Waals surface area contributed by atoms with Gasteiger partial charge in [-0.15, -0.1) is 0 Å². The lowest BCUT2D eigenvalue weighted by Gasteiger charge is -2.34. The number of aryl methyl sites for hydroxylation is 1. The van der Waals surface area contributed by atoms with Gasteiger partial charge in [0.05, 0.1) is 23.0 Å². The number of benzene rings is 2. The van der Waals surface area contributed by atoms with Crippen molar-refractivity contribution in [2.75, 3.05) is 44.8 Å². The minimum Gasteiger partial charge on any atom is -0.364 e. The smallest absolute Gasteiger partial charge is 0.200 e. The van der Waals surface area contributed by atoms with Gasteiger partial charge in [0, 0.05) is 32.4 Å². The Hall–Kier alpha value is -3.39. The third-order valence-corrected chi connectivity index (χ3v) is 5.87. The van der Waals surface area contributed by atoms with Gasteiger partial charge in [-0.05, 0) is 24.8 Å². The summed E-state index contributed by atoms with van der Waals surface area (Å²) in [5.74, 6) is -2.42. The molecule has 1 aliphatic rings.